The van der Waals surface area contributed by atoms with Gasteiger partial charge in [-0.05, 0) is 30.7 Å². The summed E-state index contributed by atoms with van der Waals surface area (Å²) in [7, 11) is 0. The van der Waals surface area contributed by atoms with Gasteiger partial charge in [0.2, 0.25) is 11.9 Å². The topological polar surface area (TPSA) is 236 Å². The number of anilines is 4. The van der Waals surface area contributed by atoms with Crippen LogP contribution in [0.25, 0.3) is 0 Å². The Labute approximate surface area is 188 Å². The molecule has 2 heterocycles. The lowest BCUT2D eigenvalue weighted by molar-refractivity contribution is -0.139. The third kappa shape index (κ3) is 6.04. The average molecular weight is 456 g/mol. The van der Waals surface area contributed by atoms with Crippen LogP contribution >= 0.6 is 0 Å². The third-order valence-corrected chi connectivity index (χ3v) is 4.73. The van der Waals surface area contributed by atoms with Crippen molar-refractivity contribution in [3.8, 4) is 0 Å². The van der Waals surface area contributed by atoms with Crippen molar-refractivity contribution < 1.29 is 19.5 Å². The molecule has 174 valence electrons. The molecule has 14 heteroatoms. The van der Waals surface area contributed by atoms with E-state index in [-0.39, 0.29) is 30.2 Å². The van der Waals surface area contributed by atoms with Gasteiger partial charge in [-0.1, -0.05) is 0 Å². The first kappa shape index (κ1) is 23.2. The quantitative estimate of drug-likeness (QED) is 0.132. The molecule has 2 aromatic rings. The van der Waals surface area contributed by atoms with Gasteiger partial charge in [-0.15, -0.1) is 0 Å². The van der Waals surface area contributed by atoms with E-state index in [0.29, 0.717) is 24.6 Å². The van der Waals surface area contributed by atoms with E-state index in [1.165, 1.54) is 0 Å². The second kappa shape index (κ2) is 10.2. The molecule has 1 aromatic carbocycles. The summed E-state index contributed by atoms with van der Waals surface area (Å²) in [4.78, 5) is 47.4. The highest BCUT2D eigenvalue weighted by molar-refractivity contribution is 5.99. The lowest BCUT2D eigenvalue weighted by atomic mass is 10.1. The maximum atomic E-state index is 12.4. The lowest BCUT2D eigenvalue weighted by Gasteiger charge is -2.18. The van der Waals surface area contributed by atoms with E-state index in [1.54, 1.807) is 24.3 Å². The Kier molecular flexibility index (Phi) is 7.20. The summed E-state index contributed by atoms with van der Waals surface area (Å²) in [6.45, 7) is 0.835. The normalized spacial score (nSPS) is 13.1. The standard InChI is InChI=1S/C19H24N10O4/c20-15-14-16(28-19(21)27-15)24-8-11(25-14)7-23-10-3-1-9(2-4-10)17(31)26-12(18(32)33)5-6-13(30)29-22/h1-4,12,23H,5-8,22H2,(H,26,31)(H,29,30)(H,32,33)(H5,20,21,24,27,28)/t12-/m0/s1. The van der Waals surface area contributed by atoms with Crippen molar-refractivity contribution in [3.05, 3.63) is 29.8 Å². The second-order valence-electron chi connectivity index (χ2n) is 7.10. The number of nitrogens with zero attached hydrogens (tertiary/aromatic N) is 3. The van der Waals surface area contributed by atoms with E-state index in [2.05, 4.69) is 30.9 Å². The first-order valence-electron chi connectivity index (χ1n) is 9.87. The number of carboxylic acid groups (broad SMARTS) is 1. The highest BCUT2D eigenvalue weighted by Gasteiger charge is 2.22. The van der Waals surface area contributed by atoms with E-state index >= 15 is 0 Å². The van der Waals surface area contributed by atoms with Crippen LogP contribution in [0.1, 0.15) is 23.2 Å². The second-order valence-corrected chi connectivity index (χ2v) is 7.10. The van der Waals surface area contributed by atoms with Crippen LogP contribution in [0.15, 0.2) is 29.3 Å². The van der Waals surface area contributed by atoms with Crippen molar-refractivity contribution in [3.63, 3.8) is 0 Å². The van der Waals surface area contributed by atoms with Crippen LogP contribution in [-0.4, -0.2) is 57.7 Å². The van der Waals surface area contributed by atoms with Gasteiger partial charge < -0.3 is 32.5 Å². The van der Waals surface area contributed by atoms with Crippen LogP contribution in [0.4, 0.5) is 29.0 Å². The molecule has 0 aliphatic carbocycles. The molecule has 0 fully saturated rings. The van der Waals surface area contributed by atoms with Crippen LogP contribution in [0, 0.1) is 0 Å². The van der Waals surface area contributed by atoms with Crippen molar-refractivity contribution in [2.24, 2.45) is 10.8 Å². The Morgan fingerprint density at radius 1 is 1.15 bits per heavy atom. The number of nitrogens with two attached hydrogens (primary N) is 3. The van der Waals surface area contributed by atoms with Crippen LogP contribution in [0.5, 0.6) is 0 Å². The van der Waals surface area contributed by atoms with Crippen LogP contribution in [0.2, 0.25) is 0 Å². The minimum absolute atomic E-state index is 0.0652. The Morgan fingerprint density at radius 2 is 1.88 bits per heavy atom. The van der Waals surface area contributed by atoms with Gasteiger partial charge in [0.05, 0.1) is 18.8 Å². The zero-order chi connectivity index (χ0) is 24.0. The number of benzene rings is 1. The Hall–Kier alpha value is -4.46. The summed E-state index contributed by atoms with van der Waals surface area (Å²) in [6.07, 6.45) is -0.226. The number of rotatable bonds is 9. The highest BCUT2D eigenvalue weighted by atomic mass is 16.4. The fourth-order valence-corrected chi connectivity index (χ4v) is 3.00. The molecule has 14 nitrogen and oxygen atoms in total. The number of carbonyl (C=O) groups is 3. The van der Waals surface area contributed by atoms with Crippen molar-refractivity contribution in [2.45, 2.75) is 18.9 Å². The number of hydrogen-bond acceptors (Lipinski definition) is 11. The van der Waals surface area contributed by atoms with Gasteiger partial charge in [0, 0.05) is 17.7 Å². The SMILES string of the molecule is NNC(=O)CC[C@H](NC(=O)c1ccc(NCC2=Nc3c(N)nc(N)nc3NC2)cc1)C(=O)O. The predicted octanol–water partition coefficient (Wildman–Crippen LogP) is -0.796. The van der Waals surface area contributed by atoms with Gasteiger partial charge >= 0.3 is 5.97 Å². The smallest absolute Gasteiger partial charge is 0.326 e. The number of nitrogens with one attached hydrogen (secondary N) is 4. The molecule has 11 N–H and O–H groups in total. The van der Waals surface area contributed by atoms with E-state index in [0.717, 1.165) is 11.4 Å². The van der Waals surface area contributed by atoms with Gasteiger partial charge in [-0.25, -0.2) is 15.6 Å². The summed E-state index contributed by atoms with van der Waals surface area (Å²) >= 11 is 0. The molecule has 0 bridgehead atoms. The number of fused-ring (bicyclic) bond motifs is 1. The van der Waals surface area contributed by atoms with E-state index in [4.69, 9.17) is 17.3 Å². The Balaban J connectivity index is 1.57. The monoisotopic (exact) mass is 456 g/mol. The van der Waals surface area contributed by atoms with Crippen molar-refractivity contribution in [1.29, 1.82) is 0 Å². The molecule has 1 aliphatic rings. The minimum atomic E-state index is -1.25. The summed E-state index contributed by atoms with van der Waals surface area (Å²) in [6, 6.07) is 5.23. The maximum absolute atomic E-state index is 12.4. The van der Waals surface area contributed by atoms with E-state index in [1.807, 2.05) is 5.43 Å². The molecule has 0 saturated carbocycles. The molecular formula is C19H24N10O4. The first-order valence-corrected chi connectivity index (χ1v) is 9.87. The van der Waals surface area contributed by atoms with Crippen LogP contribution in [0.3, 0.4) is 0 Å². The van der Waals surface area contributed by atoms with Gasteiger partial charge in [0.15, 0.2) is 11.6 Å². The van der Waals surface area contributed by atoms with E-state index < -0.39 is 23.8 Å². The van der Waals surface area contributed by atoms with Crippen molar-refractivity contribution in [2.75, 3.05) is 35.2 Å². The molecule has 33 heavy (non-hydrogen) atoms. The van der Waals surface area contributed by atoms with Crippen molar-refractivity contribution in [1.82, 2.24) is 20.7 Å². The number of amides is 2. The molecule has 2 amide bonds. The minimum Gasteiger partial charge on any atom is -0.480 e. The van der Waals surface area contributed by atoms with Gasteiger partial charge in [0.1, 0.15) is 11.7 Å². The largest absolute Gasteiger partial charge is 0.480 e. The van der Waals surface area contributed by atoms with Crippen LogP contribution < -0.4 is 38.7 Å². The Morgan fingerprint density at radius 3 is 2.55 bits per heavy atom. The maximum Gasteiger partial charge on any atom is 0.326 e. The Bertz CT molecular complexity index is 1090. The molecule has 1 atom stereocenters. The fraction of sp³-hybridized carbons (Fsp3) is 0.263. The zero-order valence-corrected chi connectivity index (χ0v) is 17.5. The number of hydrogen-bond donors (Lipinski definition) is 8. The molecular weight excluding hydrogens is 432 g/mol. The molecule has 0 saturated heterocycles. The lowest BCUT2D eigenvalue weighted by Crippen LogP contribution is -2.42. The highest BCUT2D eigenvalue weighted by Crippen LogP contribution is 2.31. The number of hydrazine groups is 1. The molecule has 0 spiro atoms. The number of aliphatic imine (C=N–C) groups is 1. The zero-order valence-electron chi connectivity index (χ0n) is 17.5. The number of carbonyl (C=O) groups excluding carboxylic acids is 2. The van der Waals surface area contributed by atoms with Crippen LogP contribution in [-0.2, 0) is 9.59 Å². The molecule has 1 aliphatic heterocycles. The number of aromatic nitrogens is 2. The fourth-order valence-electron chi connectivity index (χ4n) is 3.00. The summed E-state index contributed by atoms with van der Waals surface area (Å²) < 4.78 is 0. The summed E-state index contributed by atoms with van der Waals surface area (Å²) in [5, 5.41) is 17.9. The molecule has 3 rings (SSSR count). The number of aliphatic carboxylic acids is 1. The molecule has 0 radical (unpaired) electrons. The summed E-state index contributed by atoms with van der Waals surface area (Å²) in [5.41, 5.74) is 15.5. The van der Waals surface area contributed by atoms with E-state index in [9.17, 15) is 19.5 Å². The van der Waals surface area contributed by atoms with Gasteiger partial charge in [-0.3, -0.25) is 15.0 Å². The summed E-state index contributed by atoms with van der Waals surface area (Å²) in [5.74, 6) is 3.36. The van der Waals surface area contributed by atoms with Gasteiger partial charge in [-0.2, -0.15) is 9.97 Å². The first-order chi connectivity index (χ1) is 15.8. The van der Waals surface area contributed by atoms with Crippen molar-refractivity contribution >= 4 is 52.5 Å². The average Bonchev–Trinajstić information content (AvgIpc) is 2.80. The molecule has 1 aromatic heterocycles. The van der Waals surface area contributed by atoms with Gasteiger partial charge in [0.25, 0.3) is 5.91 Å². The predicted molar refractivity (Wildman–Crippen MR) is 122 cm³/mol. The number of nitrogen functional groups attached to an aromatic ring is 2. The third-order valence-electron chi connectivity index (χ3n) is 4.73. The molecule has 0 unspecified atom stereocenters. The number of carboxylic acids is 1.